The zero-order valence-electron chi connectivity index (χ0n) is 13.5. The zero-order chi connectivity index (χ0) is 16.3. The number of sulfonamides is 1. The van der Waals surface area contributed by atoms with Gasteiger partial charge in [0.25, 0.3) is 0 Å². The largest absolute Gasteiger partial charge is 0.330 e. The number of anilines is 1. The van der Waals surface area contributed by atoms with Gasteiger partial charge in [-0.05, 0) is 30.2 Å². The van der Waals surface area contributed by atoms with Crippen LogP contribution < -0.4 is 10.6 Å². The molecule has 1 amide bonds. The van der Waals surface area contributed by atoms with Crippen molar-refractivity contribution in [2.24, 2.45) is 5.73 Å². The molecule has 0 aliphatic carbocycles. The third-order valence-electron chi connectivity index (χ3n) is 3.95. The highest BCUT2D eigenvalue weighted by Crippen LogP contribution is 2.31. The van der Waals surface area contributed by atoms with Crippen LogP contribution in [0.1, 0.15) is 25.8 Å². The summed E-state index contributed by atoms with van der Waals surface area (Å²) < 4.78 is 26.5. The number of nitrogens with zero attached hydrogens (tertiary/aromatic N) is 2. The van der Waals surface area contributed by atoms with Crippen LogP contribution in [-0.2, 0) is 21.2 Å². The molecule has 130 valence electrons. The van der Waals surface area contributed by atoms with E-state index in [1.54, 1.807) is 23.1 Å². The predicted molar refractivity (Wildman–Crippen MR) is 93.5 cm³/mol. The molecule has 0 radical (unpaired) electrons. The quantitative estimate of drug-likeness (QED) is 0.829. The number of benzene rings is 1. The highest BCUT2D eigenvalue weighted by molar-refractivity contribution is 7.89. The maximum absolute atomic E-state index is 12.5. The van der Waals surface area contributed by atoms with Gasteiger partial charge >= 0.3 is 0 Å². The molecule has 23 heavy (non-hydrogen) atoms. The fraction of sp³-hybridized carbons (Fsp3) is 0.533. The summed E-state index contributed by atoms with van der Waals surface area (Å²) in [6, 6.07) is 5.01. The van der Waals surface area contributed by atoms with Crippen molar-refractivity contribution in [3.05, 3.63) is 23.8 Å². The first-order valence-corrected chi connectivity index (χ1v) is 9.03. The Hall–Kier alpha value is -1.15. The molecule has 1 aliphatic heterocycles. The minimum Gasteiger partial charge on any atom is -0.330 e. The van der Waals surface area contributed by atoms with Crippen LogP contribution in [0.25, 0.3) is 0 Å². The maximum Gasteiger partial charge on any atom is 0.243 e. The van der Waals surface area contributed by atoms with Gasteiger partial charge in [0, 0.05) is 38.3 Å². The van der Waals surface area contributed by atoms with Crippen LogP contribution in [0, 0.1) is 0 Å². The van der Waals surface area contributed by atoms with Crippen molar-refractivity contribution in [1.82, 2.24) is 4.31 Å². The summed E-state index contributed by atoms with van der Waals surface area (Å²) >= 11 is 0. The van der Waals surface area contributed by atoms with Gasteiger partial charge in [-0.1, -0.05) is 13.8 Å². The number of hydrogen-bond acceptors (Lipinski definition) is 4. The first-order chi connectivity index (χ1) is 10.5. The summed E-state index contributed by atoms with van der Waals surface area (Å²) in [5.41, 5.74) is 7.13. The number of hydrogen-bond donors (Lipinski definition) is 1. The summed E-state index contributed by atoms with van der Waals surface area (Å²) in [6.45, 7) is 5.43. The Bertz CT molecular complexity index is 660. The second-order valence-corrected chi connectivity index (χ2v) is 7.15. The monoisotopic (exact) mass is 361 g/mol. The minimum absolute atomic E-state index is 0. The summed E-state index contributed by atoms with van der Waals surface area (Å²) in [5, 5.41) is 0. The lowest BCUT2D eigenvalue weighted by Crippen LogP contribution is -2.31. The maximum atomic E-state index is 12.5. The van der Waals surface area contributed by atoms with Crippen molar-refractivity contribution < 1.29 is 13.2 Å². The molecule has 0 fully saturated rings. The van der Waals surface area contributed by atoms with Crippen LogP contribution in [0.2, 0.25) is 0 Å². The number of halogens is 1. The Kier molecular flexibility index (Phi) is 7.01. The number of carbonyl (C=O) groups is 1. The fourth-order valence-electron chi connectivity index (χ4n) is 2.77. The third-order valence-corrected chi connectivity index (χ3v) is 5.99. The van der Waals surface area contributed by atoms with Gasteiger partial charge in [-0.3, -0.25) is 4.79 Å². The lowest BCUT2D eigenvalue weighted by Gasteiger charge is -2.20. The second-order valence-electron chi connectivity index (χ2n) is 5.21. The molecule has 1 heterocycles. The van der Waals surface area contributed by atoms with Crippen molar-refractivity contribution in [3.8, 4) is 0 Å². The Morgan fingerprint density at radius 2 is 1.96 bits per heavy atom. The van der Waals surface area contributed by atoms with Gasteiger partial charge in [0.1, 0.15) is 0 Å². The van der Waals surface area contributed by atoms with E-state index in [-0.39, 0.29) is 18.3 Å². The molecule has 1 aromatic rings. The predicted octanol–water partition coefficient (Wildman–Crippen LogP) is 1.38. The summed E-state index contributed by atoms with van der Waals surface area (Å²) in [4.78, 5) is 14.0. The number of amides is 1. The molecule has 0 saturated heterocycles. The van der Waals surface area contributed by atoms with E-state index in [2.05, 4.69) is 0 Å². The average Bonchev–Trinajstić information content (AvgIpc) is 2.91. The molecule has 0 spiro atoms. The second kappa shape index (κ2) is 8.10. The Morgan fingerprint density at radius 3 is 2.52 bits per heavy atom. The van der Waals surface area contributed by atoms with Crippen LogP contribution in [0.15, 0.2) is 23.1 Å². The van der Waals surface area contributed by atoms with Crippen molar-refractivity contribution in [3.63, 3.8) is 0 Å². The van der Waals surface area contributed by atoms with Gasteiger partial charge in [0.2, 0.25) is 15.9 Å². The van der Waals surface area contributed by atoms with E-state index in [0.29, 0.717) is 43.9 Å². The van der Waals surface area contributed by atoms with E-state index < -0.39 is 10.0 Å². The van der Waals surface area contributed by atoms with Gasteiger partial charge in [0.05, 0.1) is 4.90 Å². The standard InChI is InChI=1S/C15H23N3O3S.ClH/c1-3-17(4-2)22(20,21)13-5-6-14-12(11-13)8-10-18(14)15(19)7-9-16;/h5-6,11H,3-4,7-10,16H2,1-2H3;1H. The summed E-state index contributed by atoms with van der Waals surface area (Å²) in [6.07, 6.45) is 0.978. The van der Waals surface area contributed by atoms with Crippen molar-refractivity contribution in [2.45, 2.75) is 31.6 Å². The molecule has 0 saturated carbocycles. The van der Waals surface area contributed by atoms with Gasteiger partial charge in [0.15, 0.2) is 0 Å². The van der Waals surface area contributed by atoms with Crippen molar-refractivity contribution in [2.75, 3.05) is 31.1 Å². The first-order valence-electron chi connectivity index (χ1n) is 7.59. The van der Waals surface area contributed by atoms with Crippen LogP contribution in [0.5, 0.6) is 0 Å². The molecule has 2 rings (SSSR count). The first kappa shape index (κ1) is 19.9. The van der Waals surface area contributed by atoms with E-state index >= 15 is 0 Å². The molecule has 0 atom stereocenters. The fourth-order valence-corrected chi connectivity index (χ4v) is 4.28. The third kappa shape index (κ3) is 3.85. The Labute approximate surface area is 144 Å². The molecule has 0 aromatic heterocycles. The SMILES string of the molecule is CCN(CC)S(=O)(=O)c1ccc2c(c1)CCN2C(=O)CCN.Cl. The normalized spacial score (nSPS) is 13.8. The van der Waals surface area contributed by atoms with E-state index in [1.165, 1.54) is 4.31 Å². The molecule has 6 nitrogen and oxygen atoms in total. The molecular formula is C15H24ClN3O3S. The lowest BCUT2D eigenvalue weighted by molar-refractivity contribution is -0.118. The Balaban J connectivity index is 0.00000264. The molecule has 0 unspecified atom stereocenters. The van der Waals surface area contributed by atoms with Gasteiger partial charge in [-0.2, -0.15) is 4.31 Å². The molecule has 1 aromatic carbocycles. The van der Waals surface area contributed by atoms with Crippen LogP contribution in [-0.4, -0.2) is 44.8 Å². The number of rotatable bonds is 6. The zero-order valence-corrected chi connectivity index (χ0v) is 15.1. The number of carbonyl (C=O) groups excluding carboxylic acids is 1. The van der Waals surface area contributed by atoms with Gasteiger partial charge < -0.3 is 10.6 Å². The van der Waals surface area contributed by atoms with Gasteiger partial charge in [-0.25, -0.2) is 8.42 Å². The van der Waals surface area contributed by atoms with Crippen molar-refractivity contribution in [1.29, 1.82) is 0 Å². The molecule has 0 bridgehead atoms. The summed E-state index contributed by atoms with van der Waals surface area (Å²) in [5.74, 6) is -0.0133. The molecular weight excluding hydrogens is 338 g/mol. The van der Waals surface area contributed by atoms with E-state index in [4.69, 9.17) is 5.73 Å². The smallest absolute Gasteiger partial charge is 0.243 e. The lowest BCUT2D eigenvalue weighted by atomic mass is 10.2. The van der Waals surface area contributed by atoms with Crippen LogP contribution in [0.4, 0.5) is 5.69 Å². The number of fused-ring (bicyclic) bond motifs is 1. The highest BCUT2D eigenvalue weighted by atomic mass is 35.5. The Morgan fingerprint density at radius 1 is 1.30 bits per heavy atom. The van der Waals surface area contributed by atoms with Gasteiger partial charge in [-0.15, -0.1) is 12.4 Å². The highest BCUT2D eigenvalue weighted by Gasteiger charge is 2.27. The van der Waals surface area contributed by atoms with E-state index in [1.807, 2.05) is 13.8 Å². The number of nitrogens with two attached hydrogens (primary N) is 1. The van der Waals surface area contributed by atoms with E-state index in [0.717, 1.165) is 11.3 Å². The molecule has 2 N–H and O–H groups in total. The topological polar surface area (TPSA) is 83.7 Å². The van der Waals surface area contributed by atoms with Crippen molar-refractivity contribution >= 4 is 34.0 Å². The van der Waals surface area contributed by atoms with Crippen LogP contribution in [0.3, 0.4) is 0 Å². The summed E-state index contributed by atoms with van der Waals surface area (Å²) in [7, 11) is -3.46. The minimum atomic E-state index is -3.46. The molecule has 8 heteroatoms. The molecule has 1 aliphatic rings. The van der Waals surface area contributed by atoms with Crippen LogP contribution >= 0.6 is 12.4 Å². The average molecular weight is 362 g/mol. The van der Waals surface area contributed by atoms with E-state index in [9.17, 15) is 13.2 Å².